The Hall–Kier alpha value is -3.36. The molecular formula is C30H31F2N5O. The SMILES string of the molecule is CN1CCC[C@H]1COc1nc(N2C[C@H]3CC[C@@H](C2)N3)c2ccc(-c3cccc4ccc(F)cc34)c(F)c2n1. The average Bonchev–Trinajstić information content (AvgIpc) is 3.50. The second-order valence-corrected chi connectivity index (χ2v) is 11.0. The number of halogens is 2. The summed E-state index contributed by atoms with van der Waals surface area (Å²) in [5, 5.41) is 5.85. The minimum Gasteiger partial charge on any atom is -0.462 e. The van der Waals surface area contributed by atoms with E-state index in [-0.39, 0.29) is 17.3 Å². The molecule has 3 aliphatic heterocycles. The maximum Gasteiger partial charge on any atom is 0.319 e. The second-order valence-electron chi connectivity index (χ2n) is 11.0. The van der Waals surface area contributed by atoms with Crippen molar-refractivity contribution in [3.8, 4) is 17.1 Å². The zero-order valence-corrected chi connectivity index (χ0v) is 21.5. The minimum atomic E-state index is -0.441. The molecule has 3 atom stereocenters. The van der Waals surface area contributed by atoms with Crippen LogP contribution in [-0.4, -0.2) is 66.3 Å². The Morgan fingerprint density at radius 1 is 0.947 bits per heavy atom. The van der Waals surface area contributed by atoms with E-state index in [0.717, 1.165) is 56.5 Å². The van der Waals surface area contributed by atoms with Crippen molar-refractivity contribution in [1.82, 2.24) is 20.2 Å². The van der Waals surface area contributed by atoms with Crippen molar-refractivity contribution < 1.29 is 13.5 Å². The summed E-state index contributed by atoms with van der Waals surface area (Å²) in [6.45, 7) is 3.15. The molecule has 1 N–H and O–H groups in total. The number of nitrogens with one attached hydrogen (secondary N) is 1. The fraction of sp³-hybridized carbons (Fsp3) is 0.400. The van der Waals surface area contributed by atoms with Crippen molar-refractivity contribution in [1.29, 1.82) is 0 Å². The highest BCUT2D eigenvalue weighted by Gasteiger charge is 2.34. The van der Waals surface area contributed by atoms with Crippen LogP contribution < -0.4 is 15.0 Å². The lowest BCUT2D eigenvalue weighted by atomic mass is 9.96. The average molecular weight is 516 g/mol. The third-order valence-corrected chi connectivity index (χ3v) is 8.49. The number of likely N-dealkylation sites (tertiary alicyclic amines) is 1. The monoisotopic (exact) mass is 515 g/mol. The summed E-state index contributed by atoms with van der Waals surface area (Å²) in [6, 6.07) is 15.2. The summed E-state index contributed by atoms with van der Waals surface area (Å²) in [4.78, 5) is 14.0. The molecule has 0 unspecified atom stereocenters. The first-order valence-corrected chi connectivity index (χ1v) is 13.6. The molecule has 0 radical (unpaired) electrons. The lowest BCUT2D eigenvalue weighted by molar-refractivity contribution is 0.188. The van der Waals surface area contributed by atoms with E-state index < -0.39 is 5.82 Å². The van der Waals surface area contributed by atoms with Gasteiger partial charge >= 0.3 is 6.01 Å². The quantitative estimate of drug-likeness (QED) is 0.397. The van der Waals surface area contributed by atoms with Crippen molar-refractivity contribution in [2.45, 2.75) is 43.8 Å². The number of rotatable bonds is 5. The Morgan fingerprint density at radius 3 is 2.58 bits per heavy atom. The normalized spacial score (nSPS) is 23.6. The molecule has 1 aromatic heterocycles. The number of aromatic nitrogens is 2. The third kappa shape index (κ3) is 4.16. The summed E-state index contributed by atoms with van der Waals surface area (Å²) in [5.41, 5.74) is 1.26. The number of anilines is 1. The van der Waals surface area contributed by atoms with Crippen molar-refractivity contribution in [3.63, 3.8) is 0 Å². The zero-order chi connectivity index (χ0) is 25.8. The van der Waals surface area contributed by atoms with Gasteiger partial charge in [0, 0.05) is 42.2 Å². The van der Waals surface area contributed by atoms with E-state index in [4.69, 9.17) is 9.72 Å². The van der Waals surface area contributed by atoms with Crippen molar-refractivity contribution in [3.05, 3.63) is 60.2 Å². The van der Waals surface area contributed by atoms with E-state index in [2.05, 4.69) is 27.1 Å². The Morgan fingerprint density at radius 2 is 1.79 bits per heavy atom. The molecule has 0 amide bonds. The summed E-state index contributed by atoms with van der Waals surface area (Å²) in [5.74, 6) is -0.0712. The standard InChI is InChI=1S/C30H31F2N5O/c1-36-13-3-5-22(36)17-38-30-34-28-25(29(35-30)37-15-20-9-10-21(16-37)33-20)12-11-24(27(28)32)23-6-2-4-18-7-8-19(31)14-26(18)23/h2,4,6-8,11-12,14,20-22,33H,3,5,9-10,13,15-17H2,1H3/t20-,21+,22-/m0/s1. The summed E-state index contributed by atoms with van der Waals surface area (Å²) in [7, 11) is 2.10. The zero-order valence-electron chi connectivity index (χ0n) is 21.5. The molecule has 2 bridgehead atoms. The van der Waals surface area contributed by atoms with Crippen LogP contribution in [0.25, 0.3) is 32.8 Å². The molecule has 3 aliphatic rings. The van der Waals surface area contributed by atoms with Gasteiger partial charge in [0.2, 0.25) is 0 Å². The molecule has 38 heavy (non-hydrogen) atoms. The van der Waals surface area contributed by atoms with E-state index in [9.17, 15) is 4.39 Å². The van der Waals surface area contributed by atoms with Gasteiger partial charge in [-0.05, 0) is 73.8 Å². The number of nitrogens with zero attached hydrogens (tertiary/aromatic N) is 4. The number of ether oxygens (including phenoxy) is 1. The number of piperazine rings is 1. The smallest absolute Gasteiger partial charge is 0.319 e. The highest BCUT2D eigenvalue weighted by Crippen LogP contribution is 2.37. The Balaban J connectivity index is 1.35. The predicted molar refractivity (Wildman–Crippen MR) is 146 cm³/mol. The largest absolute Gasteiger partial charge is 0.462 e. The topological polar surface area (TPSA) is 53.5 Å². The summed E-state index contributed by atoms with van der Waals surface area (Å²) < 4.78 is 36.7. The van der Waals surface area contributed by atoms with Crippen LogP contribution >= 0.6 is 0 Å². The van der Waals surface area contributed by atoms with E-state index in [0.29, 0.717) is 46.6 Å². The third-order valence-electron chi connectivity index (χ3n) is 8.49. The first-order chi connectivity index (χ1) is 18.5. The predicted octanol–water partition coefficient (Wildman–Crippen LogP) is 5.14. The van der Waals surface area contributed by atoms with Gasteiger partial charge in [-0.15, -0.1) is 0 Å². The van der Waals surface area contributed by atoms with E-state index in [1.807, 2.05) is 24.3 Å². The molecule has 3 saturated heterocycles. The number of hydrogen-bond acceptors (Lipinski definition) is 6. The number of likely N-dealkylation sites (N-methyl/N-ethyl adjacent to an activating group) is 1. The number of hydrogen-bond donors (Lipinski definition) is 1. The first kappa shape index (κ1) is 23.7. The first-order valence-electron chi connectivity index (χ1n) is 13.6. The van der Waals surface area contributed by atoms with Gasteiger partial charge in [0.15, 0.2) is 5.82 Å². The van der Waals surface area contributed by atoms with Crippen LogP contribution in [0.1, 0.15) is 25.7 Å². The summed E-state index contributed by atoms with van der Waals surface area (Å²) in [6.07, 6.45) is 4.48. The van der Waals surface area contributed by atoms with Crippen LogP contribution in [0.3, 0.4) is 0 Å². The molecule has 0 aliphatic carbocycles. The van der Waals surface area contributed by atoms with Gasteiger partial charge in [-0.25, -0.2) is 8.78 Å². The molecule has 0 saturated carbocycles. The highest BCUT2D eigenvalue weighted by molar-refractivity contribution is 6.00. The van der Waals surface area contributed by atoms with E-state index in [1.54, 1.807) is 12.1 Å². The molecule has 4 heterocycles. The van der Waals surface area contributed by atoms with Crippen LogP contribution in [0.15, 0.2) is 48.5 Å². The molecule has 4 aromatic rings. The molecule has 3 fully saturated rings. The molecular weight excluding hydrogens is 484 g/mol. The van der Waals surface area contributed by atoms with E-state index in [1.165, 1.54) is 12.1 Å². The summed E-state index contributed by atoms with van der Waals surface area (Å²) >= 11 is 0. The highest BCUT2D eigenvalue weighted by atomic mass is 19.1. The Kier molecular flexibility index (Phi) is 5.89. The molecule has 8 heteroatoms. The van der Waals surface area contributed by atoms with Crippen molar-refractivity contribution in [2.75, 3.05) is 38.2 Å². The van der Waals surface area contributed by atoms with Crippen LogP contribution in [0.5, 0.6) is 6.01 Å². The Bertz CT molecular complexity index is 1520. The maximum absolute atomic E-state index is 16.4. The number of benzene rings is 3. The lowest BCUT2D eigenvalue weighted by Crippen LogP contribution is -2.51. The van der Waals surface area contributed by atoms with Crippen molar-refractivity contribution >= 4 is 27.5 Å². The van der Waals surface area contributed by atoms with Gasteiger partial charge in [-0.1, -0.05) is 30.3 Å². The lowest BCUT2D eigenvalue weighted by Gasteiger charge is -2.34. The van der Waals surface area contributed by atoms with E-state index >= 15 is 4.39 Å². The maximum atomic E-state index is 16.4. The Labute approximate surface area is 220 Å². The minimum absolute atomic E-state index is 0.207. The molecule has 3 aromatic carbocycles. The molecule has 7 rings (SSSR count). The fourth-order valence-corrected chi connectivity index (χ4v) is 6.45. The number of fused-ring (bicyclic) bond motifs is 4. The van der Waals surface area contributed by atoms with Gasteiger partial charge in [0.05, 0.1) is 0 Å². The molecule has 0 spiro atoms. The second kappa shape index (κ2) is 9.43. The van der Waals surface area contributed by atoms with Gasteiger partial charge in [0.1, 0.15) is 23.8 Å². The van der Waals surface area contributed by atoms with Gasteiger partial charge in [-0.3, -0.25) is 0 Å². The van der Waals surface area contributed by atoms with Gasteiger partial charge in [0.25, 0.3) is 0 Å². The van der Waals surface area contributed by atoms with Crippen molar-refractivity contribution in [2.24, 2.45) is 0 Å². The van der Waals surface area contributed by atoms with Crippen LogP contribution in [0.4, 0.5) is 14.6 Å². The van der Waals surface area contributed by atoms with Crippen LogP contribution in [0, 0.1) is 11.6 Å². The fourth-order valence-electron chi connectivity index (χ4n) is 6.45. The van der Waals surface area contributed by atoms with Gasteiger partial charge < -0.3 is 19.9 Å². The molecule has 6 nitrogen and oxygen atoms in total. The van der Waals surface area contributed by atoms with Crippen LogP contribution in [-0.2, 0) is 0 Å². The van der Waals surface area contributed by atoms with Crippen LogP contribution in [0.2, 0.25) is 0 Å². The molecule has 196 valence electrons. The van der Waals surface area contributed by atoms with Gasteiger partial charge in [-0.2, -0.15) is 9.97 Å².